The molecule has 2 rings (SSSR count). The van der Waals surface area contributed by atoms with Crippen LogP contribution in [-0.2, 0) is 6.54 Å². The summed E-state index contributed by atoms with van der Waals surface area (Å²) in [7, 11) is 4.39. The molecular formula is C13H24N4S. The fraction of sp³-hybridized carbons (Fsp3) is 0.769. The van der Waals surface area contributed by atoms with Crippen LogP contribution in [0, 0.1) is 5.92 Å². The molecule has 2 N–H and O–H groups in total. The van der Waals surface area contributed by atoms with Gasteiger partial charge in [-0.1, -0.05) is 0 Å². The van der Waals surface area contributed by atoms with E-state index in [1.54, 1.807) is 11.3 Å². The number of aromatic nitrogens is 1. The van der Waals surface area contributed by atoms with Crippen molar-refractivity contribution in [3.05, 3.63) is 16.1 Å². The number of rotatable bonds is 5. The summed E-state index contributed by atoms with van der Waals surface area (Å²) in [6.45, 7) is 6.55. The first kappa shape index (κ1) is 13.9. The van der Waals surface area contributed by atoms with Crippen molar-refractivity contribution in [3.8, 4) is 0 Å². The summed E-state index contributed by atoms with van der Waals surface area (Å²) in [5, 5.41) is 3.18. The molecule has 0 aliphatic carbocycles. The summed E-state index contributed by atoms with van der Waals surface area (Å²) < 4.78 is 0. The second-order valence-corrected chi connectivity index (χ2v) is 6.47. The highest BCUT2D eigenvalue weighted by atomic mass is 32.1. The Morgan fingerprint density at radius 3 is 3.00 bits per heavy atom. The maximum absolute atomic E-state index is 5.83. The van der Waals surface area contributed by atoms with Crippen LogP contribution >= 0.6 is 11.3 Å². The number of nitrogens with two attached hydrogens (primary N) is 1. The minimum atomic E-state index is 0.0533. The minimum absolute atomic E-state index is 0.0533. The fourth-order valence-electron chi connectivity index (χ4n) is 2.56. The Hall–Kier alpha value is -0.490. The molecule has 0 bridgehead atoms. The second-order valence-electron chi connectivity index (χ2n) is 5.58. The predicted molar refractivity (Wildman–Crippen MR) is 76.7 cm³/mol. The highest BCUT2D eigenvalue weighted by Gasteiger charge is 2.21. The Bertz CT molecular complexity index is 377. The molecule has 0 radical (unpaired) electrons. The Morgan fingerprint density at radius 1 is 1.67 bits per heavy atom. The zero-order valence-electron chi connectivity index (χ0n) is 11.6. The molecule has 102 valence electrons. The minimum Gasteiger partial charge on any atom is -0.322 e. The Balaban J connectivity index is 1.81. The van der Waals surface area contributed by atoms with Crippen LogP contribution in [0.2, 0.25) is 0 Å². The molecule has 4 nitrogen and oxygen atoms in total. The number of likely N-dealkylation sites (tertiary alicyclic amines) is 1. The van der Waals surface area contributed by atoms with Crippen LogP contribution in [-0.4, -0.2) is 48.5 Å². The zero-order chi connectivity index (χ0) is 13.1. The van der Waals surface area contributed by atoms with E-state index in [0.29, 0.717) is 0 Å². The lowest BCUT2D eigenvalue weighted by Gasteiger charge is -2.19. The van der Waals surface area contributed by atoms with Gasteiger partial charge in [0, 0.05) is 25.0 Å². The first-order valence-electron chi connectivity index (χ1n) is 6.61. The molecule has 0 amide bonds. The van der Waals surface area contributed by atoms with E-state index in [1.165, 1.54) is 19.5 Å². The van der Waals surface area contributed by atoms with Crippen molar-refractivity contribution in [3.63, 3.8) is 0 Å². The molecule has 2 heterocycles. The predicted octanol–water partition coefficient (Wildman–Crippen LogP) is 1.55. The fourth-order valence-corrected chi connectivity index (χ4v) is 3.33. The highest BCUT2D eigenvalue weighted by Crippen LogP contribution is 2.19. The molecule has 5 heteroatoms. The third-order valence-electron chi connectivity index (χ3n) is 3.45. The lowest BCUT2D eigenvalue weighted by atomic mass is 10.1. The van der Waals surface area contributed by atoms with Crippen molar-refractivity contribution in [2.75, 3.05) is 33.7 Å². The Morgan fingerprint density at radius 2 is 2.44 bits per heavy atom. The number of hydrogen-bond acceptors (Lipinski definition) is 5. The van der Waals surface area contributed by atoms with Gasteiger partial charge in [0.05, 0.1) is 11.7 Å². The van der Waals surface area contributed by atoms with E-state index in [4.69, 9.17) is 5.73 Å². The van der Waals surface area contributed by atoms with E-state index in [1.807, 2.05) is 6.92 Å². The van der Waals surface area contributed by atoms with Crippen molar-refractivity contribution < 1.29 is 0 Å². The first-order chi connectivity index (χ1) is 8.54. The van der Waals surface area contributed by atoms with Gasteiger partial charge < -0.3 is 15.5 Å². The SMILES string of the molecule is CC(N)c1nc(CN(C)CC2CCN(C)C2)cs1. The summed E-state index contributed by atoms with van der Waals surface area (Å²) in [4.78, 5) is 9.37. The summed E-state index contributed by atoms with van der Waals surface area (Å²) in [5.74, 6) is 0.812. The smallest absolute Gasteiger partial charge is 0.109 e. The van der Waals surface area contributed by atoms with Crippen molar-refractivity contribution in [1.82, 2.24) is 14.8 Å². The van der Waals surface area contributed by atoms with Crippen LogP contribution < -0.4 is 5.73 Å². The quantitative estimate of drug-likeness (QED) is 0.880. The first-order valence-corrected chi connectivity index (χ1v) is 7.49. The molecule has 1 fully saturated rings. The third kappa shape index (κ3) is 3.75. The molecule has 1 aromatic heterocycles. The van der Waals surface area contributed by atoms with Gasteiger partial charge in [-0.25, -0.2) is 4.98 Å². The molecule has 1 aliphatic heterocycles. The normalized spacial score (nSPS) is 22.8. The molecule has 1 aliphatic rings. The lowest BCUT2D eigenvalue weighted by Crippen LogP contribution is -2.27. The Labute approximate surface area is 114 Å². The molecule has 2 unspecified atom stereocenters. The average Bonchev–Trinajstić information content (AvgIpc) is 2.88. The van der Waals surface area contributed by atoms with Crippen LogP contribution in [0.1, 0.15) is 30.1 Å². The third-order valence-corrected chi connectivity index (χ3v) is 4.54. The number of hydrogen-bond donors (Lipinski definition) is 1. The van der Waals surface area contributed by atoms with Crippen molar-refractivity contribution in [2.24, 2.45) is 11.7 Å². The molecule has 1 aromatic rings. The van der Waals surface area contributed by atoms with Gasteiger partial charge in [0.25, 0.3) is 0 Å². The molecule has 0 aromatic carbocycles. The number of nitrogens with zero attached hydrogens (tertiary/aromatic N) is 3. The van der Waals surface area contributed by atoms with Gasteiger partial charge in [0.2, 0.25) is 0 Å². The van der Waals surface area contributed by atoms with Crippen molar-refractivity contribution in [1.29, 1.82) is 0 Å². The lowest BCUT2D eigenvalue weighted by molar-refractivity contribution is 0.265. The van der Waals surface area contributed by atoms with E-state index in [2.05, 4.69) is 34.3 Å². The Kier molecular flexibility index (Phi) is 4.72. The molecular weight excluding hydrogens is 244 g/mol. The summed E-state index contributed by atoms with van der Waals surface area (Å²) in [6.07, 6.45) is 1.32. The van der Waals surface area contributed by atoms with E-state index >= 15 is 0 Å². The van der Waals surface area contributed by atoms with Gasteiger partial charge in [-0.05, 0) is 39.9 Å². The van der Waals surface area contributed by atoms with Crippen LogP contribution in [0.15, 0.2) is 5.38 Å². The van der Waals surface area contributed by atoms with Crippen LogP contribution in [0.25, 0.3) is 0 Å². The molecule has 0 saturated carbocycles. The van der Waals surface area contributed by atoms with Gasteiger partial charge >= 0.3 is 0 Å². The van der Waals surface area contributed by atoms with Gasteiger partial charge in [0.15, 0.2) is 0 Å². The monoisotopic (exact) mass is 268 g/mol. The summed E-state index contributed by atoms with van der Waals surface area (Å²) >= 11 is 1.67. The van der Waals surface area contributed by atoms with E-state index in [-0.39, 0.29) is 6.04 Å². The van der Waals surface area contributed by atoms with Crippen LogP contribution in [0.4, 0.5) is 0 Å². The summed E-state index contributed by atoms with van der Waals surface area (Å²) in [6, 6.07) is 0.0533. The maximum Gasteiger partial charge on any atom is 0.109 e. The second kappa shape index (κ2) is 6.10. The molecule has 18 heavy (non-hydrogen) atoms. The molecule has 0 spiro atoms. The topological polar surface area (TPSA) is 45.4 Å². The largest absolute Gasteiger partial charge is 0.322 e. The van der Waals surface area contributed by atoms with Gasteiger partial charge in [-0.3, -0.25) is 0 Å². The van der Waals surface area contributed by atoms with Gasteiger partial charge in [0.1, 0.15) is 5.01 Å². The van der Waals surface area contributed by atoms with E-state index in [9.17, 15) is 0 Å². The van der Waals surface area contributed by atoms with Gasteiger partial charge in [-0.15, -0.1) is 11.3 Å². The maximum atomic E-state index is 5.83. The molecule has 1 saturated heterocycles. The van der Waals surface area contributed by atoms with Gasteiger partial charge in [-0.2, -0.15) is 0 Å². The van der Waals surface area contributed by atoms with Crippen molar-refractivity contribution >= 4 is 11.3 Å². The zero-order valence-corrected chi connectivity index (χ0v) is 12.4. The number of thiazole rings is 1. The average molecular weight is 268 g/mol. The van der Waals surface area contributed by atoms with Crippen LogP contribution in [0.3, 0.4) is 0 Å². The van der Waals surface area contributed by atoms with E-state index in [0.717, 1.165) is 29.7 Å². The molecule has 2 atom stereocenters. The highest BCUT2D eigenvalue weighted by molar-refractivity contribution is 7.09. The van der Waals surface area contributed by atoms with Crippen LogP contribution in [0.5, 0.6) is 0 Å². The van der Waals surface area contributed by atoms with Crippen molar-refractivity contribution in [2.45, 2.75) is 25.9 Å². The summed E-state index contributed by atoms with van der Waals surface area (Å²) in [5.41, 5.74) is 6.99. The standard InChI is InChI=1S/C13H24N4S/c1-10(14)13-15-12(9-18-13)8-17(3)7-11-4-5-16(2)6-11/h9-11H,4-8,14H2,1-3H3. The van der Waals surface area contributed by atoms with E-state index < -0.39 is 0 Å².